The quantitative estimate of drug-likeness (QED) is 0.622. The molecule has 2 N–H and O–H groups in total. The van der Waals surface area contributed by atoms with Crippen molar-refractivity contribution < 1.29 is 4.74 Å². The maximum atomic E-state index is 5.37. The first-order valence-electron chi connectivity index (χ1n) is 3.74. The van der Waals surface area contributed by atoms with Crippen LogP contribution in [-0.4, -0.2) is 18.2 Å². The van der Waals surface area contributed by atoms with Crippen LogP contribution in [0.3, 0.4) is 0 Å². The van der Waals surface area contributed by atoms with Crippen LogP contribution in [0.1, 0.15) is 26.7 Å². The largest absolute Gasteiger partial charge is 0.460 e. The number of hydrogen-bond acceptors (Lipinski definition) is 3. The molecule has 1 rings (SSSR count). The fraction of sp³-hybridized carbons (Fsp3) is 0.857. The molecule has 2 atom stereocenters. The Kier molecular flexibility index (Phi) is 2.14. The summed E-state index contributed by atoms with van der Waals surface area (Å²) in [5.41, 5.74) is 5.37. The van der Waals surface area contributed by atoms with Crippen molar-refractivity contribution in [3.05, 3.63) is 0 Å². The number of aliphatic imine (C=N–C) groups is 1. The van der Waals surface area contributed by atoms with Gasteiger partial charge in [0.15, 0.2) is 0 Å². The summed E-state index contributed by atoms with van der Waals surface area (Å²) in [7, 11) is 0. The Morgan fingerprint density at radius 3 is 2.80 bits per heavy atom. The summed E-state index contributed by atoms with van der Waals surface area (Å²) in [4.78, 5) is 4.06. The standard InChI is InChI=1S/C7H14N2O/c1-3-4-6-5(2)9-7(8)10-6/h5-6H,3-4H2,1-2H3,(H2,8,9)/t5-,6+/m1/s1. The van der Waals surface area contributed by atoms with Gasteiger partial charge in [-0.25, -0.2) is 4.99 Å². The lowest BCUT2D eigenvalue weighted by Crippen LogP contribution is -2.21. The highest BCUT2D eigenvalue weighted by Gasteiger charge is 2.24. The number of rotatable bonds is 2. The van der Waals surface area contributed by atoms with Gasteiger partial charge in [0.05, 0.1) is 6.04 Å². The number of nitrogens with two attached hydrogens (primary N) is 1. The Balaban J connectivity index is 2.39. The lowest BCUT2D eigenvalue weighted by molar-refractivity contribution is 0.183. The van der Waals surface area contributed by atoms with Crippen molar-refractivity contribution in [3.63, 3.8) is 0 Å². The van der Waals surface area contributed by atoms with Gasteiger partial charge in [-0.1, -0.05) is 13.3 Å². The Morgan fingerprint density at radius 1 is 1.70 bits per heavy atom. The van der Waals surface area contributed by atoms with Crippen molar-refractivity contribution in [2.45, 2.75) is 38.8 Å². The molecule has 1 aliphatic rings. The maximum absolute atomic E-state index is 5.37. The lowest BCUT2D eigenvalue weighted by atomic mass is 10.1. The molecule has 1 aliphatic heterocycles. The summed E-state index contributed by atoms with van der Waals surface area (Å²) >= 11 is 0. The molecule has 0 bridgehead atoms. The van der Waals surface area contributed by atoms with Crippen LogP contribution in [0.2, 0.25) is 0 Å². The Bertz CT molecular complexity index is 145. The summed E-state index contributed by atoms with van der Waals surface area (Å²) in [5, 5.41) is 0. The second-order valence-corrected chi connectivity index (χ2v) is 2.65. The zero-order valence-corrected chi connectivity index (χ0v) is 6.50. The molecule has 0 aromatic rings. The van der Waals surface area contributed by atoms with E-state index in [1.807, 2.05) is 6.92 Å². The van der Waals surface area contributed by atoms with E-state index in [1.54, 1.807) is 0 Å². The molecule has 0 aliphatic carbocycles. The van der Waals surface area contributed by atoms with E-state index in [2.05, 4.69) is 11.9 Å². The van der Waals surface area contributed by atoms with Crippen LogP contribution in [0.4, 0.5) is 0 Å². The molecule has 0 saturated carbocycles. The predicted octanol–water partition coefficient (Wildman–Crippen LogP) is 0.889. The van der Waals surface area contributed by atoms with Crippen LogP contribution in [0.5, 0.6) is 0 Å². The zero-order chi connectivity index (χ0) is 7.56. The molecule has 1 heterocycles. The summed E-state index contributed by atoms with van der Waals surface area (Å²) in [6, 6.07) is 0.603. The number of amidine groups is 1. The average molecular weight is 142 g/mol. The van der Waals surface area contributed by atoms with Crippen molar-refractivity contribution in [3.8, 4) is 0 Å². The van der Waals surface area contributed by atoms with Crippen molar-refractivity contribution in [1.82, 2.24) is 0 Å². The molecular formula is C7H14N2O. The van der Waals surface area contributed by atoms with E-state index in [1.165, 1.54) is 0 Å². The zero-order valence-electron chi connectivity index (χ0n) is 6.50. The van der Waals surface area contributed by atoms with E-state index in [0.717, 1.165) is 12.8 Å². The Hall–Kier alpha value is -0.730. The molecule has 3 nitrogen and oxygen atoms in total. The predicted molar refractivity (Wildman–Crippen MR) is 40.9 cm³/mol. The van der Waals surface area contributed by atoms with Crippen LogP contribution in [0.25, 0.3) is 0 Å². The summed E-state index contributed by atoms with van der Waals surface area (Å²) in [6.45, 7) is 4.16. The van der Waals surface area contributed by atoms with Crippen molar-refractivity contribution in [1.29, 1.82) is 0 Å². The normalized spacial score (nSPS) is 31.6. The second-order valence-electron chi connectivity index (χ2n) is 2.65. The summed E-state index contributed by atoms with van der Waals surface area (Å²) in [6.07, 6.45) is 2.40. The number of hydrogen-bond donors (Lipinski definition) is 1. The van der Waals surface area contributed by atoms with Gasteiger partial charge in [0.1, 0.15) is 6.10 Å². The van der Waals surface area contributed by atoms with Crippen LogP contribution in [-0.2, 0) is 4.74 Å². The van der Waals surface area contributed by atoms with E-state index in [4.69, 9.17) is 10.5 Å². The van der Waals surface area contributed by atoms with Gasteiger partial charge in [-0.2, -0.15) is 0 Å². The summed E-state index contributed by atoms with van der Waals surface area (Å²) in [5.74, 6) is 0. The fourth-order valence-electron chi connectivity index (χ4n) is 1.15. The smallest absolute Gasteiger partial charge is 0.282 e. The first kappa shape index (κ1) is 7.38. The van der Waals surface area contributed by atoms with Gasteiger partial charge in [-0.15, -0.1) is 0 Å². The molecule has 58 valence electrons. The first-order chi connectivity index (χ1) is 4.74. The van der Waals surface area contributed by atoms with Crippen molar-refractivity contribution >= 4 is 6.02 Å². The average Bonchev–Trinajstić information content (AvgIpc) is 2.13. The van der Waals surface area contributed by atoms with Gasteiger partial charge >= 0.3 is 0 Å². The Morgan fingerprint density at radius 2 is 2.40 bits per heavy atom. The molecule has 0 unspecified atom stereocenters. The second kappa shape index (κ2) is 2.90. The molecule has 3 heteroatoms. The van der Waals surface area contributed by atoms with Crippen LogP contribution >= 0.6 is 0 Å². The van der Waals surface area contributed by atoms with Gasteiger partial charge < -0.3 is 10.5 Å². The molecule has 0 saturated heterocycles. The van der Waals surface area contributed by atoms with Gasteiger partial charge in [-0.05, 0) is 13.3 Å². The minimum atomic E-state index is 0.227. The third kappa shape index (κ3) is 1.40. The van der Waals surface area contributed by atoms with Crippen LogP contribution in [0.15, 0.2) is 4.99 Å². The highest BCUT2D eigenvalue weighted by molar-refractivity contribution is 5.73. The van der Waals surface area contributed by atoms with Gasteiger partial charge in [-0.3, -0.25) is 0 Å². The summed E-state index contributed by atoms with van der Waals surface area (Å²) < 4.78 is 5.24. The first-order valence-corrected chi connectivity index (χ1v) is 3.74. The van der Waals surface area contributed by atoms with E-state index < -0.39 is 0 Å². The van der Waals surface area contributed by atoms with E-state index in [9.17, 15) is 0 Å². The molecule has 0 aromatic carbocycles. The van der Waals surface area contributed by atoms with Crippen molar-refractivity contribution in [2.24, 2.45) is 10.7 Å². The molecule has 0 aromatic heterocycles. The fourth-order valence-corrected chi connectivity index (χ4v) is 1.15. The minimum absolute atomic E-state index is 0.227. The SMILES string of the molecule is CCC[C@@H]1OC(N)=N[C@@H]1C. The number of nitrogens with zero attached hydrogens (tertiary/aromatic N) is 1. The Labute approximate surface area is 61.3 Å². The molecule has 0 radical (unpaired) electrons. The highest BCUT2D eigenvalue weighted by Crippen LogP contribution is 2.15. The third-order valence-electron chi connectivity index (χ3n) is 1.71. The third-order valence-corrected chi connectivity index (χ3v) is 1.71. The van der Waals surface area contributed by atoms with E-state index in [-0.39, 0.29) is 12.1 Å². The molecule has 0 fully saturated rings. The van der Waals surface area contributed by atoms with Gasteiger partial charge in [0.25, 0.3) is 6.02 Å². The topological polar surface area (TPSA) is 47.6 Å². The minimum Gasteiger partial charge on any atom is -0.460 e. The van der Waals surface area contributed by atoms with E-state index in [0.29, 0.717) is 6.02 Å². The molecule has 0 amide bonds. The maximum Gasteiger partial charge on any atom is 0.282 e. The van der Waals surface area contributed by atoms with Gasteiger partial charge in [0, 0.05) is 0 Å². The van der Waals surface area contributed by atoms with Crippen molar-refractivity contribution in [2.75, 3.05) is 0 Å². The van der Waals surface area contributed by atoms with Gasteiger partial charge in [0.2, 0.25) is 0 Å². The van der Waals surface area contributed by atoms with Crippen LogP contribution in [0, 0.1) is 0 Å². The van der Waals surface area contributed by atoms with E-state index >= 15 is 0 Å². The van der Waals surface area contributed by atoms with Crippen LogP contribution < -0.4 is 5.73 Å². The number of ether oxygens (including phenoxy) is 1. The molecule has 0 spiro atoms. The molecule has 10 heavy (non-hydrogen) atoms. The monoisotopic (exact) mass is 142 g/mol. The lowest BCUT2D eigenvalue weighted by Gasteiger charge is -2.11. The molecular weight excluding hydrogens is 128 g/mol. The highest BCUT2D eigenvalue weighted by atomic mass is 16.5.